The monoisotopic (exact) mass is 204 g/mol. The fourth-order valence-electron chi connectivity index (χ4n) is 1.29. The Balaban J connectivity index is 2.33. The first kappa shape index (κ1) is 8.28. The van der Waals surface area contributed by atoms with Gasteiger partial charge in [-0.1, -0.05) is 28.1 Å². The molecule has 0 heterocycles. The van der Waals surface area contributed by atoms with E-state index in [0.717, 1.165) is 19.3 Å². The third-order valence-corrected chi connectivity index (χ3v) is 2.68. The van der Waals surface area contributed by atoms with Gasteiger partial charge in [-0.2, -0.15) is 0 Å². The van der Waals surface area contributed by atoms with Gasteiger partial charge in [-0.05, 0) is 25.2 Å². The molecule has 0 aromatic rings. The van der Waals surface area contributed by atoms with E-state index < -0.39 is 0 Å². The molecule has 10 heavy (non-hydrogen) atoms. The quantitative estimate of drug-likeness (QED) is 0.540. The number of alkyl halides is 1. The number of aliphatic hydroxyl groups is 1. The van der Waals surface area contributed by atoms with Crippen LogP contribution in [0.2, 0.25) is 0 Å². The highest BCUT2D eigenvalue weighted by molar-refractivity contribution is 9.09. The average Bonchev–Trinajstić information content (AvgIpc) is 2.05. The second-order valence-electron chi connectivity index (χ2n) is 2.77. The van der Waals surface area contributed by atoms with Gasteiger partial charge in [0.2, 0.25) is 0 Å². The summed E-state index contributed by atoms with van der Waals surface area (Å²) in [7, 11) is 0. The second-order valence-corrected chi connectivity index (χ2v) is 3.41. The summed E-state index contributed by atoms with van der Waals surface area (Å²) in [5.41, 5.74) is 0. The number of aliphatic hydroxyl groups excluding tert-OH is 1. The molecule has 0 spiro atoms. The number of hydrogen-bond donors (Lipinski definition) is 1. The Hall–Kier alpha value is 0.180. The van der Waals surface area contributed by atoms with Gasteiger partial charge in [0.05, 0.1) is 6.10 Å². The van der Waals surface area contributed by atoms with Crippen molar-refractivity contribution in [1.82, 2.24) is 0 Å². The van der Waals surface area contributed by atoms with Crippen LogP contribution >= 0.6 is 15.9 Å². The number of halogens is 1. The van der Waals surface area contributed by atoms with Crippen LogP contribution in [0.4, 0.5) is 0 Å². The van der Waals surface area contributed by atoms with E-state index in [1.807, 2.05) is 0 Å². The van der Waals surface area contributed by atoms with Crippen molar-refractivity contribution in [2.45, 2.75) is 25.4 Å². The first-order chi connectivity index (χ1) is 4.84. The molecule has 2 heteroatoms. The summed E-state index contributed by atoms with van der Waals surface area (Å²) in [6.07, 6.45) is 7.53. The van der Waals surface area contributed by atoms with Gasteiger partial charge in [-0.3, -0.25) is 0 Å². The summed E-state index contributed by atoms with van der Waals surface area (Å²) in [6.45, 7) is 0. The lowest BCUT2D eigenvalue weighted by atomic mass is 9.90. The lowest BCUT2D eigenvalue weighted by Crippen LogP contribution is -2.22. The molecule has 0 radical (unpaired) electrons. The van der Waals surface area contributed by atoms with Gasteiger partial charge in [0.1, 0.15) is 0 Å². The first-order valence-electron chi connectivity index (χ1n) is 3.73. The molecule has 0 saturated heterocycles. The molecule has 1 rings (SSSR count). The van der Waals surface area contributed by atoms with Crippen LogP contribution in [0.1, 0.15) is 19.3 Å². The highest BCUT2D eigenvalue weighted by Crippen LogP contribution is 2.22. The predicted molar refractivity (Wildman–Crippen MR) is 46.3 cm³/mol. The zero-order valence-corrected chi connectivity index (χ0v) is 7.55. The van der Waals surface area contributed by atoms with Crippen LogP contribution in [0.5, 0.6) is 0 Å². The van der Waals surface area contributed by atoms with Gasteiger partial charge >= 0.3 is 0 Å². The molecule has 0 aromatic carbocycles. The van der Waals surface area contributed by atoms with Gasteiger partial charge in [0.25, 0.3) is 0 Å². The van der Waals surface area contributed by atoms with E-state index >= 15 is 0 Å². The maximum absolute atomic E-state index is 9.40. The Bertz CT molecular complexity index is 122. The molecule has 1 aliphatic rings. The summed E-state index contributed by atoms with van der Waals surface area (Å²) in [5.74, 6) is 0.490. The summed E-state index contributed by atoms with van der Waals surface area (Å²) in [5, 5.41) is 10.1. The number of hydrogen-bond acceptors (Lipinski definition) is 1. The third kappa shape index (κ3) is 2.10. The molecular formula is C8H13BrO. The minimum absolute atomic E-state index is 0.148. The molecule has 0 fully saturated rings. The zero-order chi connectivity index (χ0) is 7.40. The van der Waals surface area contributed by atoms with Crippen LogP contribution in [0, 0.1) is 5.92 Å². The Morgan fingerprint density at radius 3 is 2.90 bits per heavy atom. The van der Waals surface area contributed by atoms with Crippen molar-refractivity contribution in [3.05, 3.63) is 12.2 Å². The van der Waals surface area contributed by atoms with Crippen molar-refractivity contribution in [2.24, 2.45) is 5.92 Å². The van der Waals surface area contributed by atoms with Gasteiger partial charge < -0.3 is 5.11 Å². The highest BCUT2D eigenvalue weighted by Gasteiger charge is 2.17. The van der Waals surface area contributed by atoms with E-state index in [0.29, 0.717) is 11.2 Å². The van der Waals surface area contributed by atoms with Crippen LogP contribution in [0.25, 0.3) is 0 Å². The van der Waals surface area contributed by atoms with E-state index in [4.69, 9.17) is 0 Å². The van der Waals surface area contributed by atoms with Crippen LogP contribution < -0.4 is 0 Å². The normalized spacial score (nSPS) is 28.4. The highest BCUT2D eigenvalue weighted by atomic mass is 79.9. The standard InChI is InChI=1S/C8H13BrO/c9-6-8(10)7-4-2-1-3-5-7/h1-2,7-8,10H,3-6H2. The molecule has 0 amide bonds. The largest absolute Gasteiger partial charge is 0.392 e. The number of allylic oxidation sites excluding steroid dienone is 2. The van der Waals surface area contributed by atoms with Gasteiger partial charge in [0, 0.05) is 5.33 Å². The molecule has 0 saturated carbocycles. The zero-order valence-electron chi connectivity index (χ0n) is 5.96. The van der Waals surface area contributed by atoms with Crippen molar-refractivity contribution in [1.29, 1.82) is 0 Å². The smallest absolute Gasteiger partial charge is 0.0668 e. The van der Waals surface area contributed by atoms with Crippen LogP contribution in [0.3, 0.4) is 0 Å². The molecule has 1 aliphatic carbocycles. The summed E-state index contributed by atoms with van der Waals surface area (Å²) in [4.78, 5) is 0. The van der Waals surface area contributed by atoms with E-state index in [2.05, 4.69) is 28.1 Å². The van der Waals surface area contributed by atoms with Crippen molar-refractivity contribution >= 4 is 15.9 Å². The molecule has 2 unspecified atom stereocenters. The van der Waals surface area contributed by atoms with E-state index in [-0.39, 0.29) is 6.10 Å². The maximum Gasteiger partial charge on any atom is 0.0668 e. The molecule has 1 N–H and O–H groups in total. The molecule has 2 atom stereocenters. The minimum Gasteiger partial charge on any atom is -0.392 e. The Kier molecular flexibility index (Phi) is 3.43. The Morgan fingerprint density at radius 1 is 1.60 bits per heavy atom. The summed E-state index contributed by atoms with van der Waals surface area (Å²) < 4.78 is 0. The fourth-order valence-corrected chi connectivity index (χ4v) is 1.82. The minimum atomic E-state index is -0.148. The Morgan fingerprint density at radius 2 is 2.40 bits per heavy atom. The number of rotatable bonds is 2. The topological polar surface area (TPSA) is 20.2 Å². The lowest BCUT2D eigenvalue weighted by molar-refractivity contribution is 0.125. The third-order valence-electron chi connectivity index (χ3n) is 2.01. The van der Waals surface area contributed by atoms with Crippen molar-refractivity contribution in [3.63, 3.8) is 0 Å². The fraction of sp³-hybridized carbons (Fsp3) is 0.750. The van der Waals surface area contributed by atoms with Crippen LogP contribution in [-0.2, 0) is 0 Å². The van der Waals surface area contributed by atoms with Gasteiger partial charge in [-0.15, -0.1) is 0 Å². The lowest BCUT2D eigenvalue weighted by Gasteiger charge is -2.21. The molecule has 0 bridgehead atoms. The SMILES string of the molecule is OC(CBr)C1CC=CCC1. The van der Waals surface area contributed by atoms with Crippen LogP contribution in [0.15, 0.2) is 12.2 Å². The predicted octanol–water partition coefficient (Wildman–Crippen LogP) is 2.10. The molecular weight excluding hydrogens is 192 g/mol. The van der Waals surface area contributed by atoms with Crippen molar-refractivity contribution < 1.29 is 5.11 Å². The summed E-state index contributed by atoms with van der Waals surface area (Å²) >= 11 is 3.28. The van der Waals surface area contributed by atoms with Crippen molar-refractivity contribution in [2.75, 3.05) is 5.33 Å². The summed E-state index contributed by atoms with van der Waals surface area (Å²) in [6, 6.07) is 0. The maximum atomic E-state index is 9.40. The van der Waals surface area contributed by atoms with E-state index in [9.17, 15) is 5.11 Å². The van der Waals surface area contributed by atoms with Gasteiger partial charge in [0.15, 0.2) is 0 Å². The molecule has 1 nitrogen and oxygen atoms in total. The second kappa shape index (κ2) is 4.14. The van der Waals surface area contributed by atoms with Gasteiger partial charge in [-0.25, -0.2) is 0 Å². The Labute approximate surface area is 70.3 Å². The molecule has 0 aromatic heterocycles. The van der Waals surface area contributed by atoms with Crippen LogP contribution in [-0.4, -0.2) is 16.5 Å². The molecule has 58 valence electrons. The van der Waals surface area contributed by atoms with E-state index in [1.165, 1.54) is 0 Å². The van der Waals surface area contributed by atoms with Crippen molar-refractivity contribution in [3.8, 4) is 0 Å². The average molecular weight is 205 g/mol. The molecule has 0 aliphatic heterocycles. The van der Waals surface area contributed by atoms with E-state index in [1.54, 1.807) is 0 Å². The first-order valence-corrected chi connectivity index (χ1v) is 4.85.